The van der Waals surface area contributed by atoms with Crippen LogP contribution in [-0.4, -0.2) is 57.7 Å². The molecule has 1 aliphatic carbocycles. The normalized spacial score (nSPS) is 20.6. The SMILES string of the molecule is O=CN(O)C[C@@H](CC1CCCC1)C(=O)N1NCC[C@H]1C(=O)Cc1cc[n+](O)cc1. The third-order valence-corrected chi connectivity index (χ3v) is 5.85. The molecule has 9 heteroatoms. The van der Waals surface area contributed by atoms with Gasteiger partial charge in [-0.25, -0.2) is 10.5 Å². The predicted octanol–water partition coefficient (Wildman–Crippen LogP) is 0.473. The summed E-state index contributed by atoms with van der Waals surface area (Å²) >= 11 is 0. The van der Waals surface area contributed by atoms with E-state index in [0.717, 1.165) is 36.0 Å². The average Bonchev–Trinajstić information content (AvgIpc) is 3.40. The van der Waals surface area contributed by atoms with E-state index in [1.54, 1.807) is 12.1 Å². The summed E-state index contributed by atoms with van der Waals surface area (Å²) in [5.74, 6) is -0.501. The van der Waals surface area contributed by atoms with E-state index in [2.05, 4.69) is 5.43 Å². The molecule has 3 N–H and O–H groups in total. The van der Waals surface area contributed by atoms with Gasteiger partial charge in [-0.2, -0.15) is 0 Å². The topological polar surface area (TPSA) is 114 Å². The molecule has 2 aliphatic rings. The Morgan fingerprint density at radius 3 is 2.62 bits per heavy atom. The van der Waals surface area contributed by atoms with Crippen molar-refractivity contribution in [1.29, 1.82) is 0 Å². The van der Waals surface area contributed by atoms with Crippen molar-refractivity contribution < 1.29 is 29.5 Å². The van der Waals surface area contributed by atoms with E-state index < -0.39 is 12.0 Å². The first kappa shape index (κ1) is 21.2. The van der Waals surface area contributed by atoms with Crippen LogP contribution >= 0.6 is 0 Å². The lowest BCUT2D eigenvalue weighted by Gasteiger charge is -2.30. The van der Waals surface area contributed by atoms with Crippen LogP contribution in [0.2, 0.25) is 0 Å². The van der Waals surface area contributed by atoms with Crippen molar-refractivity contribution in [2.45, 2.75) is 51.0 Å². The number of hydroxylamine groups is 2. The highest BCUT2D eigenvalue weighted by molar-refractivity contribution is 5.91. The van der Waals surface area contributed by atoms with Crippen molar-refractivity contribution in [1.82, 2.24) is 15.5 Å². The Morgan fingerprint density at radius 1 is 1.28 bits per heavy atom. The van der Waals surface area contributed by atoms with Gasteiger partial charge in [-0.05, 0) is 24.3 Å². The summed E-state index contributed by atoms with van der Waals surface area (Å²) in [5.41, 5.74) is 3.76. The maximum absolute atomic E-state index is 13.2. The molecule has 0 bridgehead atoms. The zero-order valence-electron chi connectivity index (χ0n) is 16.4. The number of pyridine rings is 1. The van der Waals surface area contributed by atoms with Gasteiger partial charge in [-0.15, -0.1) is 0 Å². The summed E-state index contributed by atoms with van der Waals surface area (Å²) in [5, 5.41) is 20.9. The second-order valence-corrected chi connectivity index (χ2v) is 7.96. The fourth-order valence-electron chi connectivity index (χ4n) is 4.35. The number of carbonyl (C=O) groups excluding carboxylic acids is 3. The Bertz CT molecular complexity index is 720. The van der Waals surface area contributed by atoms with Gasteiger partial charge >= 0.3 is 0 Å². The molecule has 0 radical (unpaired) electrons. The quantitative estimate of drug-likeness (QED) is 0.181. The van der Waals surface area contributed by atoms with E-state index >= 15 is 0 Å². The van der Waals surface area contributed by atoms with Crippen LogP contribution in [0.1, 0.15) is 44.1 Å². The summed E-state index contributed by atoms with van der Waals surface area (Å²) < 4.78 is 0.905. The minimum atomic E-state index is -0.585. The standard InChI is InChI=1S/C20H29N4O5/c25-14-23(29)13-17(11-15-3-1-2-4-15)20(27)24-18(5-8-21-24)19(26)12-16-6-9-22(28)10-7-16/h6-7,9-10,14-15,17-18,21,28-29H,1-5,8,11-13H2/q+1/t17-,18+/m1/s1. The highest BCUT2D eigenvalue weighted by Crippen LogP contribution is 2.31. The molecule has 2 atom stereocenters. The minimum Gasteiger partial charge on any atom is -0.297 e. The van der Waals surface area contributed by atoms with Gasteiger partial charge in [0.05, 0.1) is 12.5 Å². The number of ketones is 1. The molecule has 2 fully saturated rings. The number of aromatic nitrogens is 1. The van der Waals surface area contributed by atoms with E-state index in [4.69, 9.17) is 0 Å². The Labute approximate surface area is 169 Å². The van der Waals surface area contributed by atoms with Gasteiger partial charge in [-0.1, -0.05) is 25.7 Å². The van der Waals surface area contributed by atoms with Gasteiger partial charge in [0.1, 0.15) is 6.04 Å². The first-order chi connectivity index (χ1) is 14.0. The minimum absolute atomic E-state index is 0.0763. The van der Waals surface area contributed by atoms with Crippen LogP contribution in [0.25, 0.3) is 0 Å². The van der Waals surface area contributed by atoms with Crippen molar-refractivity contribution in [2.24, 2.45) is 11.8 Å². The highest BCUT2D eigenvalue weighted by atomic mass is 16.5. The Kier molecular flexibility index (Phi) is 7.16. The van der Waals surface area contributed by atoms with E-state index in [-0.39, 0.29) is 24.7 Å². The molecule has 158 valence electrons. The van der Waals surface area contributed by atoms with Crippen LogP contribution in [0, 0.1) is 11.8 Å². The molecule has 1 saturated carbocycles. The van der Waals surface area contributed by atoms with Crippen LogP contribution in [0.4, 0.5) is 0 Å². The van der Waals surface area contributed by atoms with E-state index in [1.807, 2.05) is 0 Å². The monoisotopic (exact) mass is 405 g/mol. The zero-order valence-corrected chi connectivity index (χ0v) is 16.4. The second kappa shape index (κ2) is 9.80. The molecular formula is C20H29N4O5+. The number of amides is 2. The smallest absolute Gasteiger partial charge is 0.242 e. The molecular weight excluding hydrogens is 376 g/mol. The molecule has 0 aromatic carbocycles. The van der Waals surface area contributed by atoms with E-state index in [1.165, 1.54) is 17.4 Å². The van der Waals surface area contributed by atoms with Gasteiger partial charge in [0.15, 0.2) is 5.78 Å². The molecule has 1 aromatic rings. The second-order valence-electron chi connectivity index (χ2n) is 7.96. The molecule has 0 spiro atoms. The molecule has 1 saturated heterocycles. The lowest BCUT2D eigenvalue weighted by molar-refractivity contribution is -0.904. The van der Waals surface area contributed by atoms with Gasteiger partial charge in [-0.3, -0.25) is 29.8 Å². The van der Waals surface area contributed by atoms with Crippen LogP contribution in [0.3, 0.4) is 0 Å². The summed E-state index contributed by atoms with van der Waals surface area (Å²) in [7, 11) is 0. The maximum Gasteiger partial charge on any atom is 0.242 e. The van der Waals surface area contributed by atoms with Gasteiger partial charge < -0.3 is 0 Å². The van der Waals surface area contributed by atoms with Crippen molar-refractivity contribution in [2.75, 3.05) is 13.1 Å². The van der Waals surface area contributed by atoms with Gasteiger partial charge in [0.25, 0.3) is 0 Å². The molecule has 1 aromatic heterocycles. The maximum atomic E-state index is 13.2. The number of Topliss-reactive ketones (excluding diaryl/α,β-unsaturated/α-hetero) is 1. The zero-order chi connectivity index (χ0) is 20.8. The number of nitrogens with one attached hydrogen (secondary N) is 1. The van der Waals surface area contributed by atoms with Crippen LogP contribution in [0.15, 0.2) is 24.5 Å². The third-order valence-electron chi connectivity index (χ3n) is 5.85. The highest BCUT2D eigenvalue weighted by Gasteiger charge is 2.38. The molecule has 2 amide bonds. The number of hydrazine groups is 1. The van der Waals surface area contributed by atoms with Gasteiger partial charge in [0.2, 0.25) is 24.7 Å². The fourth-order valence-corrected chi connectivity index (χ4v) is 4.35. The largest absolute Gasteiger partial charge is 0.297 e. The number of rotatable bonds is 9. The van der Waals surface area contributed by atoms with Crippen LogP contribution in [-0.2, 0) is 20.8 Å². The molecule has 2 heterocycles. The number of carbonyl (C=O) groups is 3. The predicted molar refractivity (Wildman–Crippen MR) is 100 cm³/mol. The third kappa shape index (κ3) is 5.51. The van der Waals surface area contributed by atoms with E-state index in [0.29, 0.717) is 36.8 Å². The lowest BCUT2D eigenvalue weighted by atomic mass is 9.91. The fraction of sp³-hybridized carbons (Fsp3) is 0.600. The molecule has 9 nitrogen and oxygen atoms in total. The van der Waals surface area contributed by atoms with E-state index in [9.17, 15) is 24.8 Å². The Balaban J connectivity index is 1.68. The summed E-state index contributed by atoms with van der Waals surface area (Å²) in [6, 6.07) is 2.73. The van der Waals surface area contributed by atoms with Crippen molar-refractivity contribution in [3.8, 4) is 0 Å². The first-order valence-corrected chi connectivity index (χ1v) is 10.2. The lowest BCUT2D eigenvalue weighted by Crippen LogP contribution is -2.50. The van der Waals surface area contributed by atoms with Crippen LogP contribution in [0.5, 0.6) is 0 Å². The van der Waals surface area contributed by atoms with Crippen molar-refractivity contribution in [3.63, 3.8) is 0 Å². The Hall–Kier alpha value is -2.52. The number of nitrogens with zero attached hydrogens (tertiary/aromatic N) is 3. The first-order valence-electron chi connectivity index (χ1n) is 10.2. The van der Waals surface area contributed by atoms with Crippen molar-refractivity contribution in [3.05, 3.63) is 30.1 Å². The molecule has 3 rings (SSSR count). The number of hydrogen-bond acceptors (Lipinski definition) is 6. The van der Waals surface area contributed by atoms with Crippen LogP contribution < -0.4 is 10.2 Å². The molecule has 0 unspecified atom stereocenters. The number of hydrogen-bond donors (Lipinski definition) is 3. The molecule has 1 aliphatic heterocycles. The summed E-state index contributed by atoms with van der Waals surface area (Å²) in [4.78, 5) is 36.9. The summed E-state index contributed by atoms with van der Waals surface area (Å²) in [6.45, 7) is 0.438. The Morgan fingerprint density at radius 2 is 1.97 bits per heavy atom. The molecule has 29 heavy (non-hydrogen) atoms. The summed E-state index contributed by atoms with van der Waals surface area (Å²) in [6.07, 6.45) is 8.84. The van der Waals surface area contributed by atoms with Crippen molar-refractivity contribution >= 4 is 18.1 Å². The average molecular weight is 405 g/mol. The van der Waals surface area contributed by atoms with Gasteiger partial charge in [0, 0.05) is 29.8 Å².